The molecule has 1 aliphatic heterocycles. The number of benzene rings is 1. The van der Waals surface area contributed by atoms with E-state index in [0.717, 1.165) is 5.56 Å². The normalized spacial score (nSPS) is 18.1. The summed E-state index contributed by atoms with van der Waals surface area (Å²) in [5.41, 5.74) is 0.993. The minimum absolute atomic E-state index is 0.00497. The lowest BCUT2D eigenvalue weighted by Gasteiger charge is -2.11. The largest absolute Gasteiger partial charge is 0.354 e. The lowest BCUT2D eigenvalue weighted by molar-refractivity contribution is -0.121. The number of carbonyl (C=O) groups is 2. The maximum atomic E-state index is 11.9. The highest BCUT2D eigenvalue weighted by Crippen LogP contribution is 2.22. The summed E-state index contributed by atoms with van der Waals surface area (Å²) in [5, 5.41) is 6.14. The van der Waals surface area contributed by atoms with Crippen LogP contribution in [0.1, 0.15) is 25.8 Å². The highest BCUT2D eigenvalue weighted by Gasteiger charge is 2.22. The molecule has 0 radical (unpaired) electrons. The average molecular weight is 292 g/mol. The van der Waals surface area contributed by atoms with Gasteiger partial charge in [0.25, 0.3) is 0 Å². The molecule has 4 nitrogen and oxygen atoms in total. The third kappa shape index (κ3) is 4.56. The molecule has 2 N–H and O–H groups in total. The molecule has 0 aliphatic carbocycles. The number of nitrogens with one attached hydrogen (secondary N) is 2. The van der Waals surface area contributed by atoms with Crippen molar-refractivity contribution in [2.75, 3.05) is 6.54 Å². The molecule has 5 heteroatoms. The van der Waals surface area contributed by atoms with Crippen LogP contribution in [0.5, 0.6) is 0 Å². The second-order valence-corrected chi connectivity index (χ2v) is 6.91. The predicted octanol–water partition coefficient (Wildman–Crippen LogP) is 1.73. The smallest absolute Gasteiger partial charge is 0.224 e. The van der Waals surface area contributed by atoms with Crippen LogP contribution >= 0.6 is 11.8 Å². The maximum absolute atomic E-state index is 11.9. The van der Waals surface area contributed by atoms with Gasteiger partial charge in [0.05, 0.1) is 12.5 Å². The molecule has 1 heterocycles. The first kappa shape index (κ1) is 14.9. The van der Waals surface area contributed by atoms with Gasteiger partial charge in [0.15, 0.2) is 0 Å². The Bertz CT molecular complexity index is 485. The van der Waals surface area contributed by atoms with E-state index in [1.165, 1.54) is 4.90 Å². The quantitative estimate of drug-likeness (QED) is 0.813. The summed E-state index contributed by atoms with van der Waals surface area (Å²) in [7, 11) is 0. The zero-order valence-corrected chi connectivity index (χ0v) is 12.6. The van der Waals surface area contributed by atoms with Crippen LogP contribution in [-0.4, -0.2) is 29.7 Å². The van der Waals surface area contributed by atoms with Crippen molar-refractivity contribution in [3.05, 3.63) is 29.8 Å². The first-order valence-corrected chi connectivity index (χ1v) is 7.72. The highest BCUT2D eigenvalue weighted by molar-refractivity contribution is 7.99. The lowest BCUT2D eigenvalue weighted by atomic mass is 10.1. The van der Waals surface area contributed by atoms with E-state index in [9.17, 15) is 9.59 Å². The van der Waals surface area contributed by atoms with Gasteiger partial charge in [0.2, 0.25) is 11.8 Å². The van der Waals surface area contributed by atoms with Crippen LogP contribution in [0.2, 0.25) is 0 Å². The monoisotopic (exact) mass is 292 g/mol. The van der Waals surface area contributed by atoms with Crippen molar-refractivity contribution in [3.63, 3.8) is 0 Å². The van der Waals surface area contributed by atoms with Crippen LogP contribution in [0.15, 0.2) is 29.2 Å². The standard InChI is InChI=1S/C15H20N2O2S/c1-10(2)20-13-5-3-11(4-6-13)7-15(19)17-12-8-14(18)16-9-12/h3-6,10,12H,7-9H2,1-2H3,(H,16,18)(H,17,19)/t12-/m1/s1. The molecule has 2 rings (SSSR count). The second kappa shape index (κ2) is 6.79. The Morgan fingerprint density at radius 1 is 1.40 bits per heavy atom. The molecule has 2 amide bonds. The van der Waals surface area contributed by atoms with Gasteiger partial charge in [-0.15, -0.1) is 11.8 Å². The number of carbonyl (C=O) groups excluding carboxylic acids is 2. The maximum Gasteiger partial charge on any atom is 0.224 e. The van der Waals surface area contributed by atoms with E-state index in [4.69, 9.17) is 0 Å². The molecule has 1 fully saturated rings. The summed E-state index contributed by atoms with van der Waals surface area (Å²) in [6, 6.07) is 8.01. The summed E-state index contributed by atoms with van der Waals surface area (Å²) in [4.78, 5) is 24.2. The van der Waals surface area contributed by atoms with Gasteiger partial charge >= 0.3 is 0 Å². The fraction of sp³-hybridized carbons (Fsp3) is 0.467. The van der Waals surface area contributed by atoms with Crippen molar-refractivity contribution < 1.29 is 9.59 Å². The molecule has 1 saturated heterocycles. The van der Waals surface area contributed by atoms with Crippen LogP contribution in [-0.2, 0) is 16.0 Å². The minimum Gasteiger partial charge on any atom is -0.354 e. The number of amides is 2. The Morgan fingerprint density at radius 3 is 2.65 bits per heavy atom. The molecule has 0 unspecified atom stereocenters. The fourth-order valence-corrected chi connectivity index (χ4v) is 2.97. The van der Waals surface area contributed by atoms with Crippen LogP contribution in [0, 0.1) is 0 Å². The summed E-state index contributed by atoms with van der Waals surface area (Å²) in [6.07, 6.45) is 0.743. The molecule has 0 saturated carbocycles. The topological polar surface area (TPSA) is 58.2 Å². The molecule has 1 aliphatic rings. The molecule has 1 aromatic carbocycles. The van der Waals surface area contributed by atoms with E-state index in [0.29, 0.717) is 24.6 Å². The van der Waals surface area contributed by atoms with Crippen LogP contribution in [0.3, 0.4) is 0 Å². The molecule has 108 valence electrons. The molecule has 1 atom stereocenters. The van der Waals surface area contributed by atoms with Crippen molar-refractivity contribution in [3.8, 4) is 0 Å². The van der Waals surface area contributed by atoms with Gasteiger partial charge in [-0.2, -0.15) is 0 Å². The first-order chi connectivity index (χ1) is 9.52. The van der Waals surface area contributed by atoms with Gasteiger partial charge in [0.1, 0.15) is 0 Å². The molecule has 1 aromatic rings. The molecular formula is C15H20N2O2S. The summed E-state index contributed by atoms with van der Waals surface area (Å²) >= 11 is 1.81. The van der Waals surface area contributed by atoms with Crippen LogP contribution in [0.4, 0.5) is 0 Å². The van der Waals surface area contributed by atoms with Gasteiger partial charge in [-0.05, 0) is 17.7 Å². The average Bonchev–Trinajstić information content (AvgIpc) is 2.76. The number of rotatable bonds is 5. The van der Waals surface area contributed by atoms with Gasteiger partial charge in [0, 0.05) is 23.1 Å². The third-order valence-electron chi connectivity index (χ3n) is 3.00. The minimum atomic E-state index is -0.0641. The van der Waals surface area contributed by atoms with Gasteiger partial charge in [-0.3, -0.25) is 9.59 Å². The third-order valence-corrected chi connectivity index (χ3v) is 4.02. The summed E-state index contributed by atoms with van der Waals surface area (Å²) in [6.45, 7) is 4.85. The zero-order chi connectivity index (χ0) is 14.5. The number of hydrogen-bond acceptors (Lipinski definition) is 3. The molecule has 20 heavy (non-hydrogen) atoms. The fourth-order valence-electron chi connectivity index (χ4n) is 2.13. The van der Waals surface area contributed by atoms with E-state index in [1.807, 2.05) is 24.3 Å². The number of hydrogen-bond donors (Lipinski definition) is 2. The van der Waals surface area contributed by atoms with E-state index in [-0.39, 0.29) is 17.9 Å². The Hall–Kier alpha value is -1.49. The van der Waals surface area contributed by atoms with Crippen molar-refractivity contribution in [1.29, 1.82) is 0 Å². The lowest BCUT2D eigenvalue weighted by Crippen LogP contribution is -2.37. The van der Waals surface area contributed by atoms with Crippen molar-refractivity contribution in [2.45, 2.75) is 42.9 Å². The van der Waals surface area contributed by atoms with E-state index in [1.54, 1.807) is 11.8 Å². The summed E-state index contributed by atoms with van der Waals surface area (Å²) < 4.78 is 0. The second-order valence-electron chi connectivity index (χ2n) is 5.26. The Labute approximate surface area is 123 Å². The van der Waals surface area contributed by atoms with Crippen molar-refractivity contribution in [1.82, 2.24) is 10.6 Å². The van der Waals surface area contributed by atoms with Crippen LogP contribution < -0.4 is 10.6 Å². The molecular weight excluding hydrogens is 272 g/mol. The van der Waals surface area contributed by atoms with Gasteiger partial charge in [-0.25, -0.2) is 0 Å². The van der Waals surface area contributed by atoms with E-state index >= 15 is 0 Å². The van der Waals surface area contributed by atoms with Crippen molar-refractivity contribution in [2.24, 2.45) is 0 Å². The van der Waals surface area contributed by atoms with Gasteiger partial charge < -0.3 is 10.6 Å². The Kier molecular flexibility index (Phi) is 5.06. The Balaban J connectivity index is 1.83. The zero-order valence-electron chi connectivity index (χ0n) is 11.8. The first-order valence-electron chi connectivity index (χ1n) is 6.84. The van der Waals surface area contributed by atoms with E-state index in [2.05, 4.69) is 24.5 Å². The predicted molar refractivity (Wildman–Crippen MR) is 80.7 cm³/mol. The highest BCUT2D eigenvalue weighted by atomic mass is 32.2. The van der Waals surface area contributed by atoms with E-state index < -0.39 is 0 Å². The van der Waals surface area contributed by atoms with Crippen LogP contribution in [0.25, 0.3) is 0 Å². The van der Waals surface area contributed by atoms with Crippen molar-refractivity contribution >= 4 is 23.6 Å². The number of thioether (sulfide) groups is 1. The Morgan fingerprint density at radius 2 is 2.10 bits per heavy atom. The SMILES string of the molecule is CC(C)Sc1ccc(CC(=O)N[C@H]2CNC(=O)C2)cc1. The molecule has 0 bridgehead atoms. The summed E-state index contributed by atoms with van der Waals surface area (Å²) in [5.74, 6) is -0.0267. The van der Waals surface area contributed by atoms with Gasteiger partial charge in [-0.1, -0.05) is 26.0 Å². The molecule has 0 spiro atoms. The molecule has 0 aromatic heterocycles.